The smallest absolute Gasteiger partial charge is 0.324 e. The molecule has 0 aliphatic rings. The van der Waals surface area contributed by atoms with Gasteiger partial charge in [0.25, 0.3) is 0 Å². The minimum absolute atomic E-state index is 0.0292. The molecule has 1 unspecified atom stereocenters. The summed E-state index contributed by atoms with van der Waals surface area (Å²) in [6.07, 6.45) is -1.74. The van der Waals surface area contributed by atoms with Crippen molar-refractivity contribution < 1.29 is 13.2 Å². The Balaban J connectivity index is 2.28. The number of benzene rings is 1. The molecule has 0 radical (unpaired) electrons. The summed E-state index contributed by atoms with van der Waals surface area (Å²) in [5.41, 5.74) is 7.21. The van der Waals surface area contributed by atoms with Crippen molar-refractivity contribution in [2.45, 2.75) is 25.6 Å². The lowest BCUT2D eigenvalue weighted by molar-refractivity contribution is -0.138. The average Bonchev–Trinajstić information content (AvgIpc) is 2.37. The molecular formula is C15H15F3N2. The zero-order valence-electron chi connectivity index (χ0n) is 11.0. The molecule has 0 bridgehead atoms. The monoisotopic (exact) mass is 280 g/mol. The van der Waals surface area contributed by atoms with Crippen molar-refractivity contribution in [3.8, 4) is 0 Å². The minimum atomic E-state index is -4.41. The first-order valence-electron chi connectivity index (χ1n) is 6.20. The van der Waals surface area contributed by atoms with Crippen LogP contribution in [-0.2, 0) is 12.6 Å². The van der Waals surface area contributed by atoms with Crippen molar-refractivity contribution in [2.75, 3.05) is 0 Å². The number of nitrogens with zero attached hydrogens (tertiary/aromatic N) is 1. The van der Waals surface area contributed by atoms with Gasteiger partial charge in [-0.25, -0.2) is 0 Å². The van der Waals surface area contributed by atoms with Gasteiger partial charge in [-0.15, -0.1) is 0 Å². The van der Waals surface area contributed by atoms with Gasteiger partial charge in [0.05, 0.1) is 5.56 Å². The van der Waals surface area contributed by atoms with Gasteiger partial charge in [0.1, 0.15) is 0 Å². The molecule has 2 rings (SSSR count). The number of hydrogen-bond donors (Lipinski definition) is 1. The Morgan fingerprint density at radius 2 is 2.00 bits per heavy atom. The van der Waals surface area contributed by atoms with Gasteiger partial charge >= 0.3 is 6.18 Å². The predicted molar refractivity (Wildman–Crippen MR) is 71.1 cm³/mol. The van der Waals surface area contributed by atoms with Crippen molar-refractivity contribution in [3.05, 3.63) is 65.0 Å². The van der Waals surface area contributed by atoms with E-state index in [1.165, 1.54) is 6.20 Å². The summed E-state index contributed by atoms with van der Waals surface area (Å²) in [5, 5.41) is 0. The second-order valence-corrected chi connectivity index (χ2v) is 4.76. The number of aromatic nitrogens is 1. The van der Waals surface area contributed by atoms with E-state index in [0.29, 0.717) is 6.42 Å². The van der Waals surface area contributed by atoms with E-state index >= 15 is 0 Å². The summed E-state index contributed by atoms with van der Waals surface area (Å²) in [7, 11) is 0. The molecule has 0 saturated heterocycles. The fraction of sp³-hybridized carbons (Fsp3) is 0.267. The van der Waals surface area contributed by atoms with Crippen molar-refractivity contribution in [1.29, 1.82) is 0 Å². The third kappa shape index (κ3) is 3.36. The third-order valence-corrected chi connectivity index (χ3v) is 3.09. The highest BCUT2D eigenvalue weighted by atomic mass is 19.4. The number of pyridine rings is 1. The maximum atomic E-state index is 12.9. The minimum Gasteiger partial charge on any atom is -0.324 e. The largest absolute Gasteiger partial charge is 0.416 e. The Labute approximate surface area is 115 Å². The zero-order chi connectivity index (χ0) is 14.8. The van der Waals surface area contributed by atoms with Crippen LogP contribution in [0.4, 0.5) is 13.2 Å². The molecule has 0 amide bonds. The predicted octanol–water partition coefficient (Wildman–Crippen LogP) is 3.65. The highest BCUT2D eigenvalue weighted by Crippen LogP contribution is 2.34. The highest BCUT2D eigenvalue weighted by Gasteiger charge is 2.34. The van der Waals surface area contributed by atoms with Crippen molar-refractivity contribution >= 4 is 0 Å². The van der Waals surface area contributed by atoms with E-state index in [0.717, 1.165) is 23.4 Å². The number of hydrogen-bond acceptors (Lipinski definition) is 2. The topological polar surface area (TPSA) is 38.9 Å². The second kappa shape index (κ2) is 5.63. The van der Waals surface area contributed by atoms with Crippen LogP contribution in [0.15, 0.2) is 42.7 Å². The average molecular weight is 280 g/mol. The molecule has 1 aromatic carbocycles. The fourth-order valence-electron chi connectivity index (χ4n) is 2.16. The second-order valence-electron chi connectivity index (χ2n) is 4.76. The summed E-state index contributed by atoms with van der Waals surface area (Å²) in [6, 6.07) is 7.80. The first-order chi connectivity index (χ1) is 9.38. The maximum Gasteiger partial charge on any atom is 0.416 e. The first kappa shape index (κ1) is 14.5. The molecule has 2 aromatic rings. The van der Waals surface area contributed by atoms with Gasteiger partial charge in [0.2, 0.25) is 0 Å². The van der Waals surface area contributed by atoms with E-state index in [2.05, 4.69) is 4.98 Å². The summed E-state index contributed by atoms with van der Waals surface area (Å²) in [5.74, 6) is 0. The number of aryl methyl sites for hydroxylation is 1. The van der Waals surface area contributed by atoms with Gasteiger partial charge in [-0.1, -0.05) is 29.8 Å². The molecule has 0 aliphatic carbocycles. The molecule has 1 heterocycles. The Morgan fingerprint density at radius 3 is 2.65 bits per heavy atom. The maximum absolute atomic E-state index is 12.9. The molecule has 0 aliphatic heterocycles. The Kier molecular flexibility index (Phi) is 4.09. The van der Waals surface area contributed by atoms with Gasteiger partial charge in [-0.3, -0.25) is 4.98 Å². The third-order valence-electron chi connectivity index (χ3n) is 3.09. The fourth-order valence-corrected chi connectivity index (χ4v) is 2.16. The van der Waals surface area contributed by atoms with Gasteiger partial charge < -0.3 is 5.73 Å². The molecule has 1 atom stereocenters. The van der Waals surface area contributed by atoms with E-state index in [-0.39, 0.29) is 5.56 Å². The van der Waals surface area contributed by atoms with Crippen LogP contribution in [0.1, 0.15) is 28.3 Å². The first-order valence-corrected chi connectivity index (χ1v) is 6.20. The van der Waals surface area contributed by atoms with Crippen LogP contribution in [0.25, 0.3) is 0 Å². The number of alkyl halides is 3. The van der Waals surface area contributed by atoms with E-state index in [1.54, 1.807) is 0 Å². The molecule has 5 heteroatoms. The quantitative estimate of drug-likeness (QED) is 0.932. The van der Waals surface area contributed by atoms with Crippen LogP contribution in [0.3, 0.4) is 0 Å². The summed E-state index contributed by atoms with van der Waals surface area (Å²) < 4.78 is 38.8. The molecule has 0 fully saturated rings. The Hall–Kier alpha value is -1.88. The standard InChI is InChI=1S/C15H15F3N2/c1-10-3-2-4-11(7-10)8-14(19)12-9-20-6-5-13(12)15(16,17)18/h2-7,9,14H,8,19H2,1H3. The Morgan fingerprint density at radius 1 is 1.25 bits per heavy atom. The van der Waals surface area contributed by atoms with Crippen molar-refractivity contribution in [3.63, 3.8) is 0 Å². The number of nitrogens with two attached hydrogens (primary N) is 1. The SMILES string of the molecule is Cc1cccc(CC(N)c2cnccc2C(F)(F)F)c1. The highest BCUT2D eigenvalue weighted by molar-refractivity contribution is 5.31. The van der Waals surface area contributed by atoms with Gasteiger partial charge in [-0.2, -0.15) is 13.2 Å². The lowest BCUT2D eigenvalue weighted by Crippen LogP contribution is -2.19. The van der Waals surface area contributed by atoms with Crippen LogP contribution in [0.2, 0.25) is 0 Å². The van der Waals surface area contributed by atoms with Crippen LogP contribution in [0, 0.1) is 6.92 Å². The molecule has 0 spiro atoms. The summed E-state index contributed by atoms with van der Waals surface area (Å²) in [6.45, 7) is 1.93. The summed E-state index contributed by atoms with van der Waals surface area (Å²) in [4.78, 5) is 3.76. The molecular weight excluding hydrogens is 265 g/mol. The lowest BCUT2D eigenvalue weighted by Gasteiger charge is -2.18. The molecule has 0 saturated carbocycles. The van der Waals surface area contributed by atoms with Gasteiger partial charge in [-0.05, 0) is 30.5 Å². The molecule has 106 valence electrons. The van der Waals surface area contributed by atoms with Crippen LogP contribution in [0.5, 0.6) is 0 Å². The van der Waals surface area contributed by atoms with Crippen molar-refractivity contribution in [2.24, 2.45) is 5.73 Å². The van der Waals surface area contributed by atoms with E-state index in [9.17, 15) is 13.2 Å². The van der Waals surface area contributed by atoms with Crippen molar-refractivity contribution in [1.82, 2.24) is 4.98 Å². The van der Waals surface area contributed by atoms with Crippen LogP contribution < -0.4 is 5.73 Å². The lowest BCUT2D eigenvalue weighted by atomic mass is 9.96. The number of halogens is 3. The van der Waals surface area contributed by atoms with Gasteiger partial charge in [0, 0.05) is 18.4 Å². The number of rotatable bonds is 3. The molecule has 20 heavy (non-hydrogen) atoms. The zero-order valence-corrected chi connectivity index (χ0v) is 11.0. The van der Waals surface area contributed by atoms with E-state index < -0.39 is 17.8 Å². The molecule has 2 N–H and O–H groups in total. The van der Waals surface area contributed by atoms with Crippen LogP contribution in [-0.4, -0.2) is 4.98 Å². The Bertz CT molecular complexity index is 594. The molecule has 1 aromatic heterocycles. The molecule has 2 nitrogen and oxygen atoms in total. The van der Waals surface area contributed by atoms with E-state index in [4.69, 9.17) is 5.73 Å². The van der Waals surface area contributed by atoms with Gasteiger partial charge in [0.15, 0.2) is 0 Å². The van der Waals surface area contributed by atoms with Crippen LogP contribution >= 0.6 is 0 Å². The summed E-state index contributed by atoms with van der Waals surface area (Å²) >= 11 is 0. The normalized spacial score (nSPS) is 13.2. The van der Waals surface area contributed by atoms with E-state index in [1.807, 2.05) is 31.2 Å².